The Morgan fingerprint density at radius 3 is 2.13 bits per heavy atom. The highest BCUT2D eigenvalue weighted by Gasteiger charge is 2.08. The van der Waals surface area contributed by atoms with Gasteiger partial charge in [0.15, 0.2) is 0 Å². The highest BCUT2D eigenvalue weighted by Crippen LogP contribution is 2.22. The van der Waals surface area contributed by atoms with Crippen LogP contribution in [0.1, 0.15) is 5.56 Å². The molecule has 154 valence electrons. The lowest BCUT2D eigenvalue weighted by molar-refractivity contribution is -0.115. The lowest BCUT2D eigenvalue weighted by Gasteiger charge is -2.08. The fourth-order valence-electron chi connectivity index (χ4n) is 2.55. The summed E-state index contributed by atoms with van der Waals surface area (Å²) in [4.78, 5) is 25.1. The van der Waals surface area contributed by atoms with Gasteiger partial charge in [0, 0.05) is 21.3 Å². The van der Waals surface area contributed by atoms with Gasteiger partial charge in [0.25, 0.3) is 0 Å². The van der Waals surface area contributed by atoms with E-state index in [0.29, 0.717) is 16.4 Å². The van der Waals surface area contributed by atoms with Crippen molar-refractivity contribution in [3.63, 3.8) is 0 Å². The molecule has 30 heavy (non-hydrogen) atoms. The van der Waals surface area contributed by atoms with Crippen molar-refractivity contribution in [1.29, 1.82) is 0 Å². The van der Waals surface area contributed by atoms with Crippen LogP contribution in [0.25, 0.3) is 0 Å². The highest BCUT2D eigenvalue weighted by molar-refractivity contribution is 8.00. The van der Waals surface area contributed by atoms with Crippen molar-refractivity contribution in [2.45, 2.75) is 11.3 Å². The molecular formula is C22H17Cl2FN2O2S. The molecule has 0 saturated carbocycles. The summed E-state index contributed by atoms with van der Waals surface area (Å²) in [6.45, 7) is 0. The molecule has 3 aromatic rings. The molecule has 3 aromatic carbocycles. The van der Waals surface area contributed by atoms with Gasteiger partial charge in [-0.15, -0.1) is 11.8 Å². The van der Waals surface area contributed by atoms with E-state index >= 15 is 0 Å². The number of nitrogens with one attached hydrogen (secondary N) is 2. The van der Waals surface area contributed by atoms with Gasteiger partial charge in [0.1, 0.15) is 5.82 Å². The van der Waals surface area contributed by atoms with Crippen molar-refractivity contribution in [1.82, 2.24) is 0 Å². The van der Waals surface area contributed by atoms with Crippen molar-refractivity contribution in [3.8, 4) is 0 Å². The lowest BCUT2D eigenvalue weighted by atomic mass is 10.1. The number of anilines is 2. The molecule has 0 aliphatic heterocycles. The van der Waals surface area contributed by atoms with Crippen molar-refractivity contribution < 1.29 is 14.0 Å². The van der Waals surface area contributed by atoms with Gasteiger partial charge in [-0.3, -0.25) is 9.59 Å². The Morgan fingerprint density at radius 1 is 0.833 bits per heavy atom. The molecule has 3 rings (SSSR count). The highest BCUT2D eigenvalue weighted by atomic mass is 35.5. The first kappa shape index (κ1) is 22.2. The molecule has 0 aliphatic carbocycles. The summed E-state index contributed by atoms with van der Waals surface area (Å²) < 4.78 is 13.2. The Hall–Kier alpha value is -2.54. The third kappa shape index (κ3) is 6.76. The third-order valence-electron chi connectivity index (χ3n) is 3.99. The molecule has 2 amide bonds. The predicted molar refractivity (Wildman–Crippen MR) is 121 cm³/mol. The Labute approximate surface area is 187 Å². The van der Waals surface area contributed by atoms with E-state index < -0.39 is 5.82 Å². The van der Waals surface area contributed by atoms with Gasteiger partial charge in [-0.25, -0.2) is 4.39 Å². The maximum absolute atomic E-state index is 13.2. The first-order valence-corrected chi connectivity index (χ1v) is 10.7. The molecule has 8 heteroatoms. The number of carbonyl (C=O) groups is 2. The van der Waals surface area contributed by atoms with Crippen LogP contribution in [0.2, 0.25) is 10.0 Å². The largest absolute Gasteiger partial charge is 0.326 e. The summed E-state index contributed by atoms with van der Waals surface area (Å²) in [5, 5.41) is 6.08. The number of rotatable bonds is 7. The summed E-state index contributed by atoms with van der Waals surface area (Å²) in [7, 11) is 0. The fourth-order valence-corrected chi connectivity index (χ4v) is 3.55. The number of halogens is 3. The number of amides is 2. The second-order valence-electron chi connectivity index (χ2n) is 6.34. The molecule has 0 heterocycles. The van der Waals surface area contributed by atoms with Gasteiger partial charge >= 0.3 is 0 Å². The average molecular weight is 463 g/mol. The molecule has 4 nitrogen and oxygen atoms in total. The van der Waals surface area contributed by atoms with E-state index in [1.807, 2.05) is 24.3 Å². The quantitative estimate of drug-likeness (QED) is 0.420. The van der Waals surface area contributed by atoms with Crippen molar-refractivity contribution in [3.05, 3.63) is 88.2 Å². The SMILES string of the molecule is O=C(CSc1ccc(NC(=O)Cc2ccc(Cl)cc2)cc1)Nc1ccc(F)c(Cl)c1. The standard InChI is InChI=1S/C22H17Cl2FN2O2S/c23-15-3-1-14(2-4-15)11-21(28)26-16-5-8-18(9-6-16)30-13-22(29)27-17-7-10-20(25)19(24)12-17/h1-10,12H,11,13H2,(H,26,28)(H,27,29). The Morgan fingerprint density at radius 2 is 1.47 bits per heavy atom. The molecule has 0 fully saturated rings. The Bertz CT molecular complexity index is 1040. The molecule has 0 bridgehead atoms. The molecule has 0 saturated heterocycles. The van der Waals surface area contributed by atoms with Crippen LogP contribution in [0.4, 0.5) is 15.8 Å². The Balaban J connectivity index is 1.46. The second-order valence-corrected chi connectivity index (χ2v) is 8.23. The van der Waals surface area contributed by atoms with Crippen molar-refractivity contribution in [2.75, 3.05) is 16.4 Å². The first-order chi connectivity index (χ1) is 14.4. The number of carbonyl (C=O) groups excluding carboxylic acids is 2. The van der Waals surface area contributed by atoms with Gasteiger partial charge in [-0.2, -0.15) is 0 Å². The van der Waals surface area contributed by atoms with Gasteiger partial charge in [-0.05, 0) is 60.2 Å². The van der Waals surface area contributed by atoms with Crippen LogP contribution in [0.15, 0.2) is 71.6 Å². The fraction of sp³-hybridized carbons (Fsp3) is 0.0909. The molecule has 0 atom stereocenters. The van der Waals surface area contributed by atoms with Crippen molar-refractivity contribution in [2.24, 2.45) is 0 Å². The monoisotopic (exact) mass is 462 g/mol. The van der Waals surface area contributed by atoms with Crippen LogP contribution in [0, 0.1) is 5.82 Å². The second kappa shape index (κ2) is 10.5. The van der Waals surface area contributed by atoms with E-state index in [4.69, 9.17) is 23.2 Å². The topological polar surface area (TPSA) is 58.2 Å². The summed E-state index contributed by atoms with van der Waals surface area (Å²) in [5.41, 5.74) is 1.98. The van der Waals surface area contributed by atoms with Gasteiger partial charge in [0.05, 0.1) is 17.2 Å². The van der Waals surface area contributed by atoms with Gasteiger partial charge in [0.2, 0.25) is 11.8 Å². The van der Waals surface area contributed by atoms with Crippen LogP contribution >= 0.6 is 35.0 Å². The lowest BCUT2D eigenvalue weighted by Crippen LogP contribution is -2.14. The summed E-state index contributed by atoms with van der Waals surface area (Å²) >= 11 is 12.9. The maximum atomic E-state index is 13.2. The molecular weight excluding hydrogens is 446 g/mol. The zero-order valence-corrected chi connectivity index (χ0v) is 18.0. The van der Waals surface area contributed by atoms with Crippen molar-refractivity contribution >= 4 is 58.2 Å². The zero-order valence-electron chi connectivity index (χ0n) is 15.6. The van der Waals surface area contributed by atoms with E-state index in [-0.39, 0.29) is 29.0 Å². The van der Waals surface area contributed by atoms with E-state index in [1.54, 1.807) is 24.3 Å². The van der Waals surface area contributed by atoms with E-state index in [9.17, 15) is 14.0 Å². The number of benzene rings is 3. The van der Waals surface area contributed by atoms with E-state index in [1.165, 1.54) is 30.0 Å². The summed E-state index contributed by atoms with van der Waals surface area (Å²) in [5.74, 6) is -0.723. The predicted octanol–water partition coefficient (Wildman–Crippen LogP) is 6.04. The first-order valence-electron chi connectivity index (χ1n) is 8.91. The molecule has 0 aromatic heterocycles. The minimum Gasteiger partial charge on any atom is -0.326 e. The minimum atomic E-state index is -0.538. The van der Waals surface area contributed by atoms with Crippen LogP contribution < -0.4 is 10.6 Å². The molecule has 0 aliphatic rings. The normalized spacial score (nSPS) is 10.5. The molecule has 2 N–H and O–H groups in total. The van der Waals surface area contributed by atoms with Crippen LogP contribution in [0.5, 0.6) is 0 Å². The molecule has 0 unspecified atom stereocenters. The minimum absolute atomic E-state index is 0.0471. The number of hydrogen-bond acceptors (Lipinski definition) is 3. The number of thioether (sulfide) groups is 1. The summed E-state index contributed by atoms with van der Waals surface area (Å²) in [6, 6.07) is 18.3. The number of hydrogen-bond donors (Lipinski definition) is 2. The van der Waals surface area contributed by atoms with E-state index in [0.717, 1.165) is 10.5 Å². The van der Waals surface area contributed by atoms with Gasteiger partial charge < -0.3 is 10.6 Å². The average Bonchev–Trinajstić information content (AvgIpc) is 2.72. The molecule has 0 radical (unpaired) electrons. The third-order valence-corrected chi connectivity index (χ3v) is 5.54. The smallest absolute Gasteiger partial charge is 0.234 e. The molecule has 0 spiro atoms. The summed E-state index contributed by atoms with van der Waals surface area (Å²) in [6.07, 6.45) is 0.251. The maximum Gasteiger partial charge on any atom is 0.234 e. The van der Waals surface area contributed by atoms with Gasteiger partial charge in [-0.1, -0.05) is 35.3 Å². The zero-order chi connectivity index (χ0) is 21.5. The van der Waals surface area contributed by atoms with Crippen LogP contribution in [-0.2, 0) is 16.0 Å². The Kier molecular flexibility index (Phi) is 7.74. The van der Waals surface area contributed by atoms with E-state index in [2.05, 4.69) is 10.6 Å². The van der Waals surface area contributed by atoms with Crippen LogP contribution in [0.3, 0.4) is 0 Å². The van der Waals surface area contributed by atoms with Crippen LogP contribution in [-0.4, -0.2) is 17.6 Å².